The van der Waals surface area contributed by atoms with Gasteiger partial charge in [-0.05, 0) is 32.3 Å². The van der Waals surface area contributed by atoms with Gasteiger partial charge in [-0.15, -0.1) is 0 Å². The Kier molecular flexibility index (Phi) is 3.24. The number of hydrogen-bond donors (Lipinski definition) is 1. The number of nitriles is 1. The molecule has 0 fully saturated rings. The maximum absolute atomic E-state index is 8.94. The summed E-state index contributed by atoms with van der Waals surface area (Å²) in [5.74, 6) is 0.806. The van der Waals surface area contributed by atoms with Crippen molar-refractivity contribution in [3.05, 3.63) is 52.6 Å². The van der Waals surface area contributed by atoms with E-state index in [4.69, 9.17) is 5.26 Å². The van der Waals surface area contributed by atoms with Crippen molar-refractivity contribution in [2.45, 2.75) is 26.7 Å². The third-order valence-electron chi connectivity index (χ3n) is 2.75. The van der Waals surface area contributed by atoms with E-state index in [1.54, 1.807) is 0 Å². The second-order valence-corrected chi connectivity index (χ2v) is 4.25. The van der Waals surface area contributed by atoms with Crippen LogP contribution in [0, 0.1) is 25.2 Å². The summed E-state index contributed by atoms with van der Waals surface area (Å²) >= 11 is 0. The molecule has 17 heavy (non-hydrogen) atoms. The largest absolute Gasteiger partial charge is 0.345 e. The first-order valence-corrected chi connectivity index (χ1v) is 5.70. The monoisotopic (exact) mass is 225 g/mol. The van der Waals surface area contributed by atoms with Crippen LogP contribution < -0.4 is 0 Å². The van der Waals surface area contributed by atoms with E-state index in [0.717, 1.165) is 24.4 Å². The fraction of sp³-hybridized carbons (Fsp3) is 0.286. The maximum Gasteiger partial charge on any atom is 0.161 e. The van der Waals surface area contributed by atoms with Gasteiger partial charge in [-0.3, -0.25) is 0 Å². The lowest BCUT2D eigenvalue weighted by molar-refractivity contribution is 0.914. The van der Waals surface area contributed by atoms with Gasteiger partial charge in [-0.2, -0.15) is 5.26 Å². The molecule has 2 rings (SSSR count). The van der Waals surface area contributed by atoms with Crippen molar-refractivity contribution >= 4 is 0 Å². The second-order valence-electron chi connectivity index (χ2n) is 4.25. The normalized spacial score (nSPS) is 10.2. The van der Waals surface area contributed by atoms with Crippen LogP contribution in [0.5, 0.6) is 0 Å². The zero-order chi connectivity index (χ0) is 12.3. The van der Waals surface area contributed by atoms with Crippen molar-refractivity contribution in [1.82, 2.24) is 9.97 Å². The summed E-state index contributed by atoms with van der Waals surface area (Å²) in [5, 5.41) is 8.94. The van der Waals surface area contributed by atoms with Gasteiger partial charge in [0.15, 0.2) is 5.69 Å². The molecule has 0 aliphatic carbocycles. The highest BCUT2D eigenvalue weighted by atomic mass is 14.9. The minimum absolute atomic E-state index is 0.523. The van der Waals surface area contributed by atoms with Gasteiger partial charge in [0.05, 0.1) is 5.69 Å². The predicted octanol–water partition coefficient (Wildman–Crippen LogP) is 2.68. The molecule has 1 aromatic heterocycles. The maximum atomic E-state index is 8.94. The summed E-state index contributed by atoms with van der Waals surface area (Å²) in [6, 6.07) is 10.6. The van der Waals surface area contributed by atoms with Gasteiger partial charge in [-0.1, -0.05) is 29.8 Å². The van der Waals surface area contributed by atoms with E-state index in [9.17, 15) is 0 Å². The molecule has 0 atom stereocenters. The van der Waals surface area contributed by atoms with Crippen LogP contribution in [-0.4, -0.2) is 9.97 Å². The van der Waals surface area contributed by atoms with E-state index >= 15 is 0 Å². The summed E-state index contributed by atoms with van der Waals surface area (Å²) in [7, 11) is 0. The van der Waals surface area contributed by atoms with Crippen molar-refractivity contribution in [3.63, 3.8) is 0 Å². The molecule has 3 nitrogen and oxygen atoms in total. The zero-order valence-corrected chi connectivity index (χ0v) is 10.1. The van der Waals surface area contributed by atoms with Crippen molar-refractivity contribution < 1.29 is 0 Å². The third-order valence-corrected chi connectivity index (χ3v) is 2.75. The molecular formula is C14H15N3. The average molecular weight is 225 g/mol. The fourth-order valence-corrected chi connectivity index (χ4v) is 1.95. The highest BCUT2D eigenvalue weighted by Crippen LogP contribution is 2.11. The molecular weight excluding hydrogens is 210 g/mol. The number of aromatic amines is 1. The highest BCUT2D eigenvalue weighted by molar-refractivity contribution is 5.29. The summed E-state index contributed by atoms with van der Waals surface area (Å²) in [5.41, 5.74) is 4.02. The standard InChI is InChI=1S/C14H15N3/c1-10-4-3-5-12(8-10)6-7-13-14(9-15)17-11(2)16-13/h3-5,8H,6-7H2,1-2H3,(H,16,17). The molecule has 0 bridgehead atoms. The lowest BCUT2D eigenvalue weighted by Gasteiger charge is -2.01. The molecule has 1 aromatic carbocycles. The molecule has 0 radical (unpaired) electrons. The first-order chi connectivity index (χ1) is 8.19. The number of rotatable bonds is 3. The molecule has 1 heterocycles. The lowest BCUT2D eigenvalue weighted by Crippen LogP contribution is -1.94. The SMILES string of the molecule is Cc1cccc(CCc2[nH]c(C)nc2C#N)c1. The summed E-state index contributed by atoms with van der Waals surface area (Å²) in [4.78, 5) is 7.29. The number of nitrogens with zero attached hydrogens (tertiary/aromatic N) is 2. The van der Waals surface area contributed by atoms with Crippen molar-refractivity contribution in [1.29, 1.82) is 5.26 Å². The van der Waals surface area contributed by atoms with E-state index in [-0.39, 0.29) is 0 Å². The molecule has 0 saturated carbocycles. The van der Waals surface area contributed by atoms with E-state index in [0.29, 0.717) is 5.69 Å². The van der Waals surface area contributed by atoms with Gasteiger partial charge < -0.3 is 4.98 Å². The first-order valence-electron chi connectivity index (χ1n) is 5.70. The van der Waals surface area contributed by atoms with Crippen LogP contribution in [0.4, 0.5) is 0 Å². The minimum Gasteiger partial charge on any atom is -0.345 e. The molecule has 2 aromatic rings. The smallest absolute Gasteiger partial charge is 0.161 e. The minimum atomic E-state index is 0.523. The lowest BCUT2D eigenvalue weighted by atomic mass is 10.1. The molecule has 1 N–H and O–H groups in total. The van der Waals surface area contributed by atoms with Crippen molar-refractivity contribution in [2.24, 2.45) is 0 Å². The number of imidazole rings is 1. The Morgan fingerprint density at radius 3 is 2.82 bits per heavy atom. The van der Waals surface area contributed by atoms with E-state index in [1.165, 1.54) is 11.1 Å². The zero-order valence-electron chi connectivity index (χ0n) is 10.1. The number of nitrogens with one attached hydrogen (secondary N) is 1. The van der Waals surface area contributed by atoms with Crippen molar-refractivity contribution in [3.8, 4) is 6.07 Å². The first kappa shape index (κ1) is 11.4. The number of benzene rings is 1. The Bertz CT molecular complexity index is 561. The summed E-state index contributed by atoms with van der Waals surface area (Å²) in [6.07, 6.45) is 1.76. The molecule has 0 amide bonds. The topological polar surface area (TPSA) is 52.5 Å². The van der Waals surface area contributed by atoms with E-state index < -0.39 is 0 Å². The van der Waals surface area contributed by atoms with Gasteiger partial charge in [0.25, 0.3) is 0 Å². The Morgan fingerprint density at radius 1 is 1.29 bits per heavy atom. The molecule has 0 saturated heterocycles. The third kappa shape index (κ3) is 2.73. The van der Waals surface area contributed by atoms with Crippen LogP contribution >= 0.6 is 0 Å². The number of H-pyrrole nitrogens is 1. The Balaban J connectivity index is 2.10. The quantitative estimate of drug-likeness (QED) is 0.873. The van der Waals surface area contributed by atoms with E-state index in [2.05, 4.69) is 47.2 Å². The molecule has 0 aliphatic heterocycles. The number of aromatic nitrogens is 2. The molecule has 0 spiro atoms. The number of aryl methyl sites for hydroxylation is 4. The second kappa shape index (κ2) is 4.84. The van der Waals surface area contributed by atoms with Gasteiger partial charge in [0.2, 0.25) is 0 Å². The highest BCUT2D eigenvalue weighted by Gasteiger charge is 2.07. The van der Waals surface area contributed by atoms with Gasteiger partial charge in [-0.25, -0.2) is 4.98 Å². The summed E-state index contributed by atoms with van der Waals surface area (Å²) < 4.78 is 0. The van der Waals surface area contributed by atoms with Crippen LogP contribution in [0.2, 0.25) is 0 Å². The van der Waals surface area contributed by atoms with Crippen LogP contribution in [0.3, 0.4) is 0 Å². The van der Waals surface area contributed by atoms with Gasteiger partial charge in [0, 0.05) is 0 Å². The van der Waals surface area contributed by atoms with Gasteiger partial charge in [0.1, 0.15) is 11.9 Å². The van der Waals surface area contributed by atoms with Crippen LogP contribution in [0.15, 0.2) is 24.3 Å². The summed E-state index contributed by atoms with van der Waals surface area (Å²) in [6.45, 7) is 3.96. The molecule has 86 valence electrons. The Hall–Kier alpha value is -2.08. The van der Waals surface area contributed by atoms with Crippen LogP contribution in [0.25, 0.3) is 0 Å². The molecule has 0 aliphatic rings. The van der Waals surface area contributed by atoms with Gasteiger partial charge >= 0.3 is 0 Å². The van der Waals surface area contributed by atoms with Crippen LogP contribution in [0.1, 0.15) is 28.3 Å². The Morgan fingerprint density at radius 2 is 2.12 bits per heavy atom. The molecule has 0 unspecified atom stereocenters. The average Bonchev–Trinajstić information content (AvgIpc) is 2.67. The number of hydrogen-bond acceptors (Lipinski definition) is 2. The fourth-order valence-electron chi connectivity index (χ4n) is 1.95. The predicted molar refractivity (Wildman–Crippen MR) is 66.6 cm³/mol. The Labute approximate surface area is 101 Å². The van der Waals surface area contributed by atoms with Crippen LogP contribution in [-0.2, 0) is 12.8 Å². The molecule has 3 heteroatoms. The van der Waals surface area contributed by atoms with E-state index in [1.807, 2.05) is 6.92 Å². The van der Waals surface area contributed by atoms with Crippen molar-refractivity contribution in [2.75, 3.05) is 0 Å².